The first-order valence-electron chi connectivity index (χ1n) is 7.96. The molecule has 0 rings (SSSR count). The summed E-state index contributed by atoms with van der Waals surface area (Å²) >= 11 is 0. The van der Waals surface area contributed by atoms with Gasteiger partial charge in [-0.25, -0.2) is 0 Å². The highest BCUT2D eigenvalue weighted by Gasteiger charge is 2.21. The van der Waals surface area contributed by atoms with Crippen LogP contribution in [0.25, 0.3) is 0 Å². The predicted octanol–water partition coefficient (Wildman–Crippen LogP) is 5.01. The maximum absolute atomic E-state index is 3.75. The third-order valence-electron chi connectivity index (χ3n) is 4.10. The maximum Gasteiger partial charge on any atom is 0.00978 e. The van der Waals surface area contributed by atoms with Gasteiger partial charge in [0.2, 0.25) is 0 Å². The summed E-state index contributed by atoms with van der Waals surface area (Å²) in [5.74, 6) is 1.81. The van der Waals surface area contributed by atoms with Crippen molar-refractivity contribution in [3.63, 3.8) is 0 Å². The van der Waals surface area contributed by atoms with Gasteiger partial charge in [0.15, 0.2) is 0 Å². The quantitative estimate of drug-likeness (QED) is 0.536. The standard InChI is InChI=1S/C16H35N/c1-6-11-15(12-7-2)16(17-10-5)13-14(8-3)9-4/h14-17H,6-13H2,1-5H3. The largest absolute Gasteiger partial charge is 0.314 e. The van der Waals surface area contributed by atoms with Crippen molar-refractivity contribution < 1.29 is 0 Å². The Morgan fingerprint density at radius 3 is 1.71 bits per heavy atom. The lowest BCUT2D eigenvalue weighted by atomic mass is 9.83. The van der Waals surface area contributed by atoms with Crippen molar-refractivity contribution in [2.24, 2.45) is 11.8 Å². The number of nitrogens with one attached hydrogen (secondary N) is 1. The van der Waals surface area contributed by atoms with E-state index in [2.05, 4.69) is 39.9 Å². The maximum atomic E-state index is 3.75. The minimum absolute atomic E-state index is 0.754. The van der Waals surface area contributed by atoms with Gasteiger partial charge in [-0.2, -0.15) is 0 Å². The Kier molecular flexibility index (Phi) is 11.0. The summed E-state index contributed by atoms with van der Waals surface area (Å²) in [6.07, 6.45) is 9.50. The van der Waals surface area contributed by atoms with Crippen molar-refractivity contribution in [1.82, 2.24) is 5.32 Å². The van der Waals surface area contributed by atoms with Gasteiger partial charge in [-0.1, -0.05) is 60.3 Å². The summed E-state index contributed by atoms with van der Waals surface area (Å²) in [7, 11) is 0. The second kappa shape index (κ2) is 11.1. The summed E-state index contributed by atoms with van der Waals surface area (Å²) in [4.78, 5) is 0. The molecule has 1 N–H and O–H groups in total. The molecule has 0 aliphatic carbocycles. The SMILES string of the molecule is CCCC(CCC)C(CC(CC)CC)NCC. The fourth-order valence-electron chi connectivity index (χ4n) is 2.97. The summed E-state index contributed by atoms with van der Waals surface area (Å²) in [5.41, 5.74) is 0. The molecule has 104 valence electrons. The molecule has 17 heavy (non-hydrogen) atoms. The molecule has 0 fully saturated rings. The fourth-order valence-corrected chi connectivity index (χ4v) is 2.97. The van der Waals surface area contributed by atoms with E-state index >= 15 is 0 Å². The van der Waals surface area contributed by atoms with E-state index in [0.717, 1.165) is 24.4 Å². The molecular weight excluding hydrogens is 206 g/mol. The van der Waals surface area contributed by atoms with E-state index in [0.29, 0.717) is 0 Å². The van der Waals surface area contributed by atoms with Gasteiger partial charge in [0.1, 0.15) is 0 Å². The summed E-state index contributed by atoms with van der Waals surface area (Å²) in [6.45, 7) is 12.7. The van der Waals surface area contributed by atoms with Gasteiger partial charge >= 0.3 is 0 Å². The van der Waals surface area contributed by atoms with Crippen LogP contribution in [0.2, 0.25) is 0 Å². The van der Waals surface area contributed by atoms with Gasteiger partial charge in [-0.15, -0.1) is 0 Å². The Hall–Kier alpha value is -0.0400. The second-order valence-electron chi connectivity index (χ2n) is 5.42. The second-order valence-corrected chi connectivity index (χ2v) is 5.42. The number of rotatable bonds is 11. The molecule has 0 saturated heterocycles. The van der Waals surface area contributed by atoms with Gasteiger partial charge in [0.05, 0.1) is 0 Å². The monoisotopic (exact) mass is 241 g/mol. The van der Waals surface area contributed by atoms with Gasteiger partial charge in [-0.3, -0.25) is 0 Å². The van der Waals surface area contributed by atoms with E-state index in [1.165, 1.54) is 44.9 Å². The molecule has 0 aromatic rings. The zero-order valence-electron chi connectivity index (χ0n) is 12.9. The van der Waals surface area contributed by atoms with Gasteiger partial charge < -0.3 is 5.32 Å². The molecule has 0 amide bonds. The molecule has 0 heterocycles. The first kappa shape index (κ1) is 17.0. The molecular formula is C16H35N. The van der Waals surface area contributed by atoms with Crippen LogP contribution in [0.1, 0.15) is 79.6 Å². The van der Waals surface area contributed by atoms with E-state index in [4.69, 9.17) is 0 Å². The van der Waals surface area contributed by atoms with Crippen LogP contribution in [-0.4, -0.2) is 12.6 Å². The predicted molar refractivity (Wildman–Crippen MR) is 79.5 cm³/mol. The van der Waals surface area contributed by atoms with E-state index in [-0.39, 0.29) is 0 Å². The highest BCUT2D eigenvalue weighted by Crippen LogP contribution is 2.25. The Labute approximate surface area is 110 Å². The van der Waals surface area contributed by atoms with Crippen molar-refractivity contribution >= 4 is 0 Å². The van der Waals surface area contributed by atoms with E-state index in [1.807, 2.05) is 0 Å². The highest BCUT2D eigenvalue weighted by molar-refractivity contribution is 4.78. The van der Waals surface area contributed by atoms with Gasteiger partial charge in [-0.05, 0) is 37.6 Å². The van der Waals surface area contributed by atoms with Crippen LogP contribution in [0.15, 0.2) is 0 Å². The molecule has 0 spiro atoms. The Morgan fingerprint density at radius 1 is 0.824 bits per heavy atom. The van der Waals surface area contributed by atoms with Crippen LogP contribution in [0.5, 0.6) is 0 Å². The third kappa shape index (κ3) is 7.08. The first-order valence-corrected chi connectivity index (χ1v) is 7.96. The molecule has 0 saturated carbocycles. The van der Waals surface area contributed by atoms with Crippen LogP contribution in [0.4, 0.5) is 0 Å². The minimum Gasteiger partial charge on any atom is -0.314 e. The molecule has 0 aliphatic heterocycles. The zero-order chi connectivity index (χ0) is 13.1. The lowest BCUT2D eigenvalue weighted by Gasteiger charge is -2.30. The van der Waals surface area contributed by atoms with Crippen LogP contribution >= 0.6 is 0 Å². The molecule has 1 heteroatoms. The highest BCUT2D eigenvalue weighted by atomic mass is 14.9. The van der Waals surface area contributed by atoms with Crippen molar-refractivity contribution in [1.29, 1.82) is 0 Å². The lowest BCUT2D eigenvalue weighted by Crippen LogP contribution is -2.37. The van der Waals surface area contributed by atoms with Gasteiger partial charge in [0, 0.05) is 6.04 Å². The summed E-state index contributed by atoms with van der Waals surface area (Å²) < 4.78 is 0. The molecule has 0 aromatic heterocycles. The van der Waals surface area contributed by atoms with Crippen LogP contribution in [0.3, 0.4) is 0 Å². The molecule has 1 nitrogen and oxygen atoms in total. The normalized spacial score (nSPS) is 13.6. The lowest BCUT2D eigenvalue weighted by molar-refractivity contribution is 0.259. The summed E-state index contributed by atoms with van der Waals surface area (Å²) in [6, 6.07) is 0.754. The van der Waals surface area contributed by atoms with Crippen molar-refractivity contribution in [3.05, 3.63) is 0 Å². The van der Waals surface area contributed by atoms with Crippen LogP contribution in [-0.2, 0) is 0 Å². The number of hydrogen-bond donors (Lipinski definition) is 1. The Balaban J connectivity index is 4.41. The fraction of sp³-hybridized carbons (Fsp3) is 1.00. The molecule has 1 unspecified atom stereocenters. The smallest absolute Gasteiger partial charge is 0.00978 e. The average molecular weight is 241 g/mol. The Bertz CT molecular complexity index is 146. The molecule has 0 bridgehead atoms. The number of hydrogen-bond acceptors (Lipinski definition) is 1. The van der Waals surface area contributed by atoms with Gasteiger partial charge in [0.25, 0.3) is 0 Å². The molecule has 0 aliphatic rings. The van der Waals surface area contributed by atoms with Crippen molar-refractivity contribution in [2.75, 3.05) is 6.54 Å². The Morgan fingerprint density at radius 2 is 1.35 bits per heavy atom. The molecule has 1 atom stereocenters. The van der Waals surface area contributed by atoms with Crippen LogP contribution < -0.4 is 5.32 Å². The minimum atomic E-state index is 0.754. The molecule has 0 aromatic carbocycles. The van der Waals surface area contributed by atoms with Crippen molar-refractivity contribution in [3.8, 4) is 0 Å². The van der Waals surface area contributed by atoms with Crippen LogP contribution in [0, 0.1) is 11.8 Å². The van der Waals surface area contributed by atoms with Crippen molar-refractivity contribution in [2.45, 2.75) is 85.6 Å². The average Bonchev–Trinajstić information content (AvgIpc) is 2.34. The first-order chi connectivity index (χ1) is 8.23. The molecule has 0 radical (unpaired) electrons. The topological polar surface area (TPSA) is 12.0 Å². The van der Waals surface area contributed by atoms with E-state index < -0.39 is 0 Å². The third-order valence-corrected chi connectivity index (χ3v) is 4.10. The zero-order valence-corrected chi connectivity index (χ0v) is 12.9. The van der Waals surface area contributed by atoms with E-state index in [1.54, 1.807) is 0 Å². The summed E-state index contributed by atoms with van der Waals surface area (Å²) in [5, 5.41) is 3.75. The van der Waals surface area contributed by atoms with E-state index in [9.17, 15) is 0 Å².